The maximum atomic E-state index is 13.5. The molecule has 2 rings (SSSR count). The molecule has 0 radical (unpaired) electrons. The third-order valence-electron chi connectivity index (χ3n) is 2.59. The maximum absolute atomic E-state index is 13.5. The number of amides is 1. The number of rotatable bonds is 3. The number of aromatic nitrogens is 1. The predicted molar refractivity (Wildman–Crippen MR) is 70.3 cm³/mol. The van der Waals surface area contributed by atoms with Crippen LogP contribution in [-0.4, -0.2) is 22.0 Å². The molecule has 0 atom stereocenters. The second kappa shape index (κ2) is 5.48. The van der Waals surface area contributed by atoms with Crippen LogP contribution in [0.5, 0.6) is 0 Å². The fraction of sp³-hybridized carbons (Fsp3) is 0.0714. The van der Waals surface area contributed by atoms with Crippen molar-refractivity contribution in [2.75, 3.05) is 5.32 Å². The van der Waals surface area contributed by atoms with E-state index in [0.29, 0.717) is 5.56 Å². The summed E-state index contributed by atoms with van der Waals surface area (Å²) in [4.78, 5) is 26.5. The van der Waals surface area contributed by atoms with E-state index in [-0.39, 0.29) is 5.69 Å². The Labute approximate surface area is 114 Å². The topological polar surface area (TPSA) is 79.3 Å². The molecule has 0 unspecified atom stereocenters. The minimum Gasteiger partial charge on any atom is -0.478 e. The molecule has 0 aliphatic rings. The number of benzene rings is 1. The van der Waals surface area contributed by atoms with Gasteiger partial charge in [0.25, 0.3) is 5.91 Å². The molecule has 0 bridgehead atoms. The van der Waals surface area contributed by atoms with Crippen molar-refractivity contribution >= 4 is 17.6 Å². The fourth-order valence-corrected chi connectivity index (χ4v) is 1.65. The molecule has 0 spiro atoms. The SMILES string of the molecule is Cc1cncc(C(=O)Nc2ccc(C(=O)O)c(F)c2)c1. The number of carbonyl (C=O) groups excluding carboxylic acids is 1. The molecule has 0 saturated carbocycles. The first-order chi connectivity index (χ1) is 9.47. The highest BCUT2D eigenvalue weighted by molar-refractivity contribution is 6.04. The van der Waals surface area contributed by atoms with Crippen molar-refractivity contribution in [2.45, 2.75) is 6.92 Å². The van der Waals surface area contributed by atoms with E-state index in [1.54, 1.807) is 19.2 Å². The van der Waals surface area contributed by atoms with Crippen molar-refractivity contribution in [1.29, 1.82) is 0 Å². The van der Waals surface area contributed by atoms with Crippen molar-refractivity contribution in [1.82, 2.24) is 4.98 Å². The third-order valence-corrected chi connectivity index (χ3v) is 2.59. The molecular formula is C14H11FN2O3. The van der Waals surface area contributed by atoms with Crippen molar-refractivity contribution in [3.63, 3.8) is 0 Å². The van der Waals surface area contributed by atoms with Crippen LogP contribution in [0.25, 0.3) is 0 Å². The molecule has 2 N–H and O–H groups in total. The highest BCUT2D eigenvalue weighted by Gasteiger charge is 2.12. The minimum atomic E-state index is -1.36. The highest BCUT2D eigenvalue weighted by Crippen LogP contribution is 2.15. The van der Waals surface area contributed by atoms with Gasteiger partial charge in [0.1, 0.15) is 5.82 Å². The van der Waals surface area contributed by atoms with Gasteiger partial charge >= 0.3 is 5.97 Å². The summed E-state index contributed by atoms with van der Waals surface area (Å²) in [5.41, 5.74) is 0.900. The van der Waals surface area contributed by atoms with Gasteiger partial charge in [-0.05, 0) is 36.8 Å². The number of aryl methyl sites for hydroxylation is 1. The Balaban J connectivity index is 2.20. The van der Waals surface area contributed by atoms with Gasteiger partial charge in [-0.15, -0.1) is 0 Å². The van der Waals surface area contributed by atoms with Gasteiger partial charge in [0, 0.05) is 18.1 Å². The molecule has 5 nitrogen and oxygen atoms in total. The van der Waals surface area contributed by atoms with Gasteiger partial charge in [-0.3, -0.25) is 9.78 Å². The number of carbonyl (C=O) groups is 2. The Morgan fingerprint density at radius 1 is 1.25 bits per heavy atom. The minimum absolute atomic E-state index is 0.180. The van der Waals surface area contributed by atoms with Crippen molar-refractivity contribution in [2.24, 2.45) is 0 Å². The average Bonchev–Trinajstić information content (AvgIpc) is 2.38. The largest absolute Gasteiger partial charge is 0.478 e. The van der Waals surface area contributed by atoms with Crippen LogP contribution in [0.15, 0.2) is 36.7 Å². The van der Waals surface area contributed by atoms with E-state index in [9.17, 15) is 14.0 Å². The molecule has 0 fully saturated rings. The zero-order chi connectivity index (χ0) is 14.7. The molecule has 1 amide bonds. The zero-order valence-electron chi connectivity index (χ0n) is 10.6. The van der Waals surface area contributed by atoms with E-state index in [1.807, 2.05) is 0 Å². The first kappa shape index (κ1) is 13.7. The van der Waals surface area contributed by atoms with Crippen molar-refractivity contribution in [3.8, 4) is 0 Å². The molecule has 0 aliphatic heterocycles. The van der Waals surface area contributed by atoms with E-state index < -0.39 is 23.3 Å². The third kappa shape index (κ3) is 2.97. The lowest BCUT2D eigenvalue weighted by Crippen LogP contribution is -2.13. The number of halogens is 1. The van der Waals surface area contributed by atoms with E-state index in [0.717, 1.165) is 17.7 Å². The first-order valence-electron chi connectivity index (χ1n) is 5.73. The number of carboxylic acids is 1. The van der Waals surface area contributed by atoms with Crippen molar-refractivity contribution in [3.05, 3.63) is 59.2 Å². The van der Waals surface area contributed by atoms with E-state index >= 15 is 0 Å². The van der Waals surface area contributed by atoms with E-state index in [2.05, 4.69) is 10.3 Å². The molecule has 0 saturated heterocycles. The smallest absolute Gasteiger partial charge is 0.338 e. The summed E-state index contributed by atoms with van der Waals surface area (Å²) in [5, 5.41) is 11.2. The molecule has 0 aliphatic carbocycles. The number of anilines is 1. The Morgan fingerprint density at radius 3 is 2.60 bits per heavy atom. The molecule has 1 aromatic heterocycles. The molecule has 6 heteroatoms. The summed E-state index contributed by atoms with van der Waals surface area (Å²) in [5.74, 6) is -2.70. The van der Waals surface area contributed by atoms with Crippen LogP contribution < -0.4 is 5.32 Å². The van der Waals surface area contributed by atoms with Gasteiger partial charge in [-0.2, -0.15) is 0 Å². The van der Waals surface area contributed by atoms with Crippen LogP contribution in [0, 0.1) is 12.7 Å². The fourth-order valence-electron chi connectivity index (χ4n) is 1.65. The summed E-state index contributed by atoms with van der Waals surface area (Å²) in [6.45, 7) is 1.80. The Morgan fingerprint density at radius 2 is 2.00 bits per heavy atom. The number of aromatic carboxylic acids is 1. The van der Waals surface area contributed by atoms with Crippen molar-refractivity contribution < 1.29 is 19.1 Å². The van der Waals surface area contributed by atoms with Crippen LogP contribution in [-0.2, 0) is 0 Å². The predicted octanol–water partition coefficient (Wildman–Crippen LogP) is 2.48. The van der Waals surface area contributed by atoms with Crippen LogP contribution in [0.4, 0.5) is 10.1 Å². The first-order valence-corrected chi connectivity index (χ1v) is 5.73. The molecule has 2 aromatic rings. The normalized spacial score (nSPS) is 10.1. The number of pyridine rings is 1. The van der Waals surface area contributed by atoms with Crippen LogP contribution in [0.2, 0.25) is 0 Å². The summed E-state index contributed by atoms with van der Waals surface area (Å²) < 4.78 is 13.5. The number of hydrogen-bond donors (Lipinski definition) is 2. The van der Waals surface area contributed by atoms with E-state index in [4.69, 9.17) is 5.11 Å². The number of nitrogens with one attached hydrogen (secondary N) is 1. The summed E-state index contributed by atoms with van der Waals surface area (Å²) >= 11 is 0. The highest BCUT2D eigenvalue weighted by atomic mass is 19.1. The summed E-state index contributed by atoms with van der Waals surface area (Å²) in [7, 11) is 0. The van der Waals surface area contributed by atoms with Gasteiger partial charge in [-0.1, -0.05) is 0 Å². The standard InChI is InChI=1S/C14H11FN2O3/c1-8-4-9(7-16-6-8)13(18)17-10-2-3-11(14(19)20)12(15)5-10/h2-7H,1H3,(H,17,18)(H,19,20). The van der Waals surface area contributed by atoms with Gasteiger partial charge < -0.3 is 10.4 Å². The molecule has 20 heavy (non-hydrogen) atoms. The maximum Gasteiger partial charge on any atom is 0.338 e. The number of hydrogen-bond acceptors (Lipinski definition) is 3. The average molecular weight is 274 g/mol. The van der Waals surface area contributed by atoms with Crippen LogP contribution in [0.1, 0.15) is 26.3 Å². The second-order valence-electron chi connectivity index (χ2n) is 4.20. The molecule has 1 aromatic carbocycles. The lowest BCUT2D eigenvalue weighted by atomic mass is 10.1. The summed E-state index contributed by atoms with van der Waals surface area (Å²) in [6.07, 6.45) is 3.00. The lowest BCUT2D eigenvalue weighted by molar-refractivity contribution is 0.0692. The van der Waals surface area contributed by atoms with E-state index in [1.165, 1.54) is 12.3 Å². The van der Waals surface area contributed by atoms with Gasteiger partial charge in [0.15, 0.2) is 0 Å². The molecule has 1 heterocycles. The Bertz CT molecular complexity index is 686. The Kier molecular flexibility index (Phi) is 3.74. The number of nitrogens with zero attached hydrogens (tertiary/aromatic N) is 1. The van der Waals surface area contributed by atoms with Crippen LogP contribution in [0.3, 0.4) is 0 Å². The Hall–Kier alpha value is -2.76. The number of carboxylic acid groups (broad SMARTS) is 1. The monoisotopic (exact) mass is 274 g/mol. The molecular weight excluding hydrogens is 263 g/mol. The quantitative estimate of drug-likeness (QED) is 0.901. The second-order valence-corrected chi connectivity index (χ2v) is 4.20. The van der Waals surface area contributed by atoms with Gasteiger partial charge in [-0.25, -0.2) is 9.18 Å². The lowest BCUT2D eigenvalue weighted by Gasteiger charge is -2.06. The summed E-state index contributed by atoms with van der Waals surface area (Å²) in [6, 6.07) is 5.03. The molecule has 102 valence electrons. The zero-order valence-corrected chi connectivity index (χ0v) is 10.6. The van der Waals surface area contributed by atoms with Crippen LogP contribution >= 0.6 is 0 Å². The van der Waals surface area contributed by atoms with Gasteiger partial charge in [0.05, 0.1) is 11.1 Å². The van der Waals surface area contributed by atoms with Gasteiger partial charge in [0.2, 0.25) is 0 Å².